The molecule has 1 radical (unpaired) electrons. The average molecular weight is 126 g/mol. The fourth-order valence-corrected chi connectivity index (χ4v) is 0.133. The molecule has 0 heterocycles. The van der Waals surface area contributed by atoms with Crippen molar-refractivity contribution in [1.29, 1.82) is 0 Å². The minimum absolute atomic E-state index is 0.542. The molecule has 0 bridgehead atoms. The fraction of sp³-hybridized carbons (Fsp3) is 1.00. The highest BCUT2D eigenvalue weighted by Gasteiger charge is 2.10. The topological polar surface area (TPSA) is 19.9 Å². The molecular weight excluding hydrogens is 118 g/mol. The summed E-state index contributed by atoms with van der Waals surface area (Å²) in [6.45, 7) is 0.731. The van der Waals surface area contributed by atoms with Crippen LogP contribution in [0.5, 0.6) is 0 Å². The molecule has 0 aliphatic carbocycles. The monoisotopic (exact) mass is 125 g/mol. The molecule has 2 unspecified atom stereocenters. The van der Waals surface area contributed by atoms with Crippen LogP contribution >= 0.6 is 11.6 Å². The van der Waals surface area contributed by atoms with Crippen LogP contribution in [0.3, 0.4) is 0 Å². The standard InChI is InChI=1S/C4H7ClFO/c1-3(6)4(5)2-7/h3-4H,2H2,1H3. The Hall–Kier alpha value is 0.180. The summed E-state index contributed by atoms with van der Waals surface area (Å²) in [5.74, 6) is 0. The first-order valence-corrected chi connectivity index (χ1v) is 2.48. The van der Waals surface area contributed by atoms with E-state index in [1.807, 2.05) is 0 Å². The molecule has 3 heteroatoms. The zero-order valence-corrected chi connectivity index (χ0v) is 4.78. The molecule has 0 N–H and O–H groups in total. The first-order chi connectivity index (χ1) is 3.18. The van der Waals surface area contributed by atoms with Crippen molar-refractivity contribution in [3.63, 3.8) is 0 Å². The summed E-state index contributed by atoms with van der Waals surface area (Å²) in [4.78, 5) is 0. The molecule has 7 heavy (non-hydrogen) atoms. The van der Waals surface area contributed by atoms with Crippen molar-refractivity contribution in [3.8, 4) is 0 Å². The summed E-state index contributed by atoms with van der Waals surface area (Å²) in [7, 11) is 0. The molecule has 0 saturated carbocycles. The Morgan fingerprint density at radius 3 is 2.29 bits per heavy atom. The van der Waals surface area contributed by atoms with E-state index in [9.17, 15) is 9.50 Å². The van der Waals surface area contributed by atoms with Crippen molar-refractivity contribution in [2.75, 3.05) is 6.61 Å². The van der Waals surface area contributed by atoms with Gasteiger partial charge in [0.15, 0.2) is 0 Å². The highest BCUT2D eigenvalue weighted by atomic mass is 35.5. The molecule has 2 atom stereocenters. The molecule has 43 valence electrons. The van der Waals surface area contributed by atoms with Gasteiger partial charge in [0.1, 0.15) is 12.8 Å². The minimum Gasteiger partial charge on any atom is -0.246 e. The van der Waals surface area contributed by atoms with Crippen molar-refractivity contribution in [1.82, 2.24) is 0 Å². The van der Waals surface area contributed by atoms with Gasteiger partial charge in [0, 0.05) is 0 Å². The van der Waals surface area contributed by atoms with E-state index in [0.29, 0.717) is 0 Å². The van der Waals surface area contributed by atoms with Crippen molar-refractivity contribution < 1.29 is 9.50 Å². The predicted molar refractivity (Wildman–Crippen MR) is 25.8 cm³/mol. The second-order valence-corrected chi connectivity index (χ2v) is 1.92. The highest BCUT2D eigenvalue weighted by molar-refractivity contribution is 6.21. The molecule has 0 spiro atoms. The lowest BCUT2D eigenvalue weighted by Crippen LogP contribution is -2.14. The second-order valence-electron chi connectivity index (χ2n) is 1.36. The van der Waals surface area contributed by atoms with E-state index >= 15 is 0 Å². The Balaban J connectivity index is 3.14. The van der Waals surface area contributed by atoms with Crippen LogP contribution in [0.15, 0.2) is 0 Å². The fourth-order valence-electron chi connectivity index (χ4n) is 0.133. The molecule has 0 amide bonds. The molecule has 0 aliphatic heterocycles. The van der Waals surface area contributed by atoms with Crippen LogP contribution < -0.4 is 0 Å². The van der Waals surface area contributed by atoms with Gasteiger partial charge in [-0.15, -0.1) is 11.6 Å². The van der Waals surface area contributed by atoms with Gasteiger partial charge in [-0.2, -0.15) is 0 Å². The van der Waals surface area contributed by atoms with Crippen LogP contribution in [0.1, 0.15) is 6.92 Å². The quantitative estimate of drug-likeness (QED) is 0.497. The van der Waals surface area contributed by atoms with Gasteiger partial charge in [0.05, 0.1) is 5.38 Å². The van der Waals surface area contributed by atoms with Gasteiger partial charge < -0.3 is 0 Å². The summed E-state index contributed by atoms with van der Waals surface area (Å²) < 4.78 is 11.8. The Bertz CT molecular complexity index is 49.0. The molecule has 0 rings (SSSR count). The molecule has 1 nitrogen and oxygen atoms in total. The Labute approximate surface area is 47.1 Å². The molecular formula is C4H7ClFO. The van der Waals surface area contributed by atoms with Gasteiger partial charge in [-0.25, -0.2) is 9.50 Å². The van der Waals surface area contributed by atoms with E-state index < -0.39 is 18.2 Å². The lowest BCUT2D eigenvalue weighted by atomic mass is 10.3. The Kier molecular flexibility index (Phi) is 3.30. The van der Waals surface area contributed by atoms with E-state index in [4.69, 9.17) is 11.6 Å². The number of hydrogen-bond acceptors (Lipinski definition) is 0. The largest absolute Gasteiger partial charge is 0.246 e. The van der Waals surface area contributed by atoms with Crippen LogP contribution in [0.4, 0.5) is 4.39 Å². The predicted octanol–water partition coefficient (Wildman–Crippen LogP) is 1.38. The SMILES string of the molecule is CC(F)C(Cl)C[O]. The summed E-state index contributed by atoms with van der Waals surface area (Å²) in [5, 5.41) is 8.85. The summed E-state index contributed by atoms with van der Waals surface area (Å²) in [5.41, 5.74) is 0. The maximum atomic E-state index is 11.8. The van der Waals surface area contributed by atoms with Gasteiger partial charge in [0.25, 0.3) is 0 Å². The summed E-state index contributed by atoms with van der Waals surface area (Å²) >= 11 is 5.11. The Morgan fingerprint density at radius 1 is 1.86 bits per heavy atom. The van der Waals surface area contributed by atoms with Crippen molar-refractivity contribution >= 4 is 11.6 Å². The van der Waals surface area contributed by atoms with E-state index in [1.165, 1.54) is 6.92 Å². The minimum atomic E-state index is -1.18. The maximum Gasteiger partial charge on any atom is 0.116 e. The lowest BCUT2D eigenvalue weighted by Gasteiger charge is -2.02. The highest BCUT2D eigenvalue weighted by Crippen LogP contribution is 2.03. The third-order valence-corrected chi connectivity index (χ3v) is 1.13. The lowest BCUT2D eigenvalue weighted by molar-refractivity contribution is 0.164. The number of hydrogen-bond donors (Lipinski definition) is 0. The normalized spacial score (nSPS) is 18.9. The van der Waals surface area contributed by atoms with Crippen LogP contribution in [0, 0.1) is 0 Å². The number of rotatable bonds is 2. The average Bonchev–Trinajstić information content (AvgIpc) is 1.65. The van der Waals surface area contributed by atoms with Crippen molar-refractivity contribution in [2.45, 2.75) is 18.5 Å². The molecule has 0 aromatic heterocycles. The zero-order chi connectivity index (χ0) is 5.86. The van der Waals surface area contributed by atoms with E-state index in [2.05, 4.69) is 0 Å². The van der Waals surface area contributed by atoms with Crippen molar-refractivity contribution in [3.05, 3.63) is 0 Å². The van der Waals surface area contributed by atoms with Crippen LogP contribution in [-0.2, 0) is 5.11 Å². The van der Waals surface area contributed by atoms with Gasteiger partial charge in [-0.3, -0.25) is 0 Å². The van der Waals surface area contributed by atoms with E-state index in [0.717, 1.165) is 0 Å². The second kappa shape index (κ2) is 3.22. The summed E-state index contributed by atoms with van der Waals surface area (Å²) in [6, 6.07) is 0. The zero-order valence-electron chi connectivity index (χ0n) is 4.03. The van der Waals surface area contributed by atoms with Gasteiger partial charge in [0.2, 0.25) is 0 Å². The first-order valence-electron chi connectivity index (χ1n) is 2.04. The third-order valence-electron chi connectivity index (χ3n) is 0.658. The third kappa shape index (κ3) is 2.83. The number of alkyl halides is 2. The number of halogens is 2. The smallest absolute Gasteiger partial charge is 0.116 e. The Morgan fingerprint density at radius 2 is 2.29 bits per heavy atom. The molecule has 0 saturated heterocycles. The molecule has 0 fully saturated rings. The van der Waals surface area contributed by atoms with Crippen LogP contribution in [-0.4, -0.2) is 18.2 Å². The molecule has 0 aromatic rings. The van der Waals surface area contributed by atoms with Crippen LogP contribution in [0.25, 0.3) is 0 Å². The van der Waals surface area contributed by atoms with E-state index in [1.54, 1.807) is 0 Å². The van der Waals surface area contributed by atoms with Crippen LogP contribution in [0.2, 0.25) is 0 Å². The van der Waals surface area contributed by atoms with Gasteiger partial charge >= 0.3 is 0 Å². The maximum absolute atomic E-state index is 11.8. The van der Waals surface area contributed by atoms with Gasteiger partial charge in [-0.1, -0.05) is 0 Å². The van der Waals surface area contributed by atoms with Gasteiger partial charge in [-0.05, 0) is 6.92 Å². The molecule has 0 aromatic carbocycles. The molecule has 0 aliphatic rings. The van der Waals surface area contributed by atoms with E-state index in [-0.39, 0.29) is 0 Å². The summed E-state index contributed by atoms with van der Waals surface area (Å²) in [6.07, 6.45) is -1.18. The first kappa shape index (κ1) is 7.18. The van der Waals surface area contributed by atoms with Crippen molar-refractivity contribution in [2.24, 2.45) is 0 Å².